The zero-order chi connectivity index (χ0) is 24.3. The van der Waals surface area contributed by atoms with Crippen LogP contribution in [0, 0.1) is 0 Å². The number of ether oxygens (including phenoxy) is 2. The average Bonchev–Trinajstić information content (AvgIpc) is 2.79. The number of benzene rings is 2. The Balaban J connectivity index is 2.21. The summed E-state index contributed by atoms with van der Waals surface area (Å²) in [6, 6.07) is 8.70. The molecule has 0 bridgehead atoms. The molecule has 0 saturated heterocycles. The van der Waals surface area contributed by atoms with Crippen molar-refractivity contribution in [1.82, 2.24) is 9.66 Å². The number of carboxylic acid groups (broad SMARTS) is 1. The number of nitrogens with zero attached hydrogens (tertiary/aromatic N) is 3. The molecule has 3 rings (SSSR count). The van der Waals surface area contributed by atoms with Crippen LogP contribution in [0.1, 0.15) is 44.5 Å². The van der Waals surface area contributed by atoms with Crippen LogP contribution in [0.2, 0.25) is 0 Å². The van der Waals surface area contributed by atoms with E-state index in [0.29, 0.717) is 32.5 Å². The molecule has 174 valence electrons. The van der Waals surface area contributed by atoms with E-state index in [4.69, 9.17) is 14.5 Å². The molecule has 0 amide bonds. The maximum Gasteiger partial charge on any atom is 0.344 e. The van der Waals surface area contributed by atoms with Gasteiger partial charge >= 0.3 is 5.97 Å². The van der Waals surface area contributed by atoms with Crippen molar-refractivity contribution in [2.24, 2.45) is 5.10 Å². The Labute approximate surface area is 207 Å². The van der Waals surface area contributed by atoms with E-state index in [0.717, 1.165) is 10.9 Å². The van der Waals surface area contributed by atoms with Gasteiger partial charge in [0.15, 0.2) is 17.6 Å². The van der Waals surface area contributed by atoms with Gasteiger partial charge in [0.25, 0.3) is 5.56 Å². The number of fused-ring (bicyclic) bond motifs is 1. The molecule has 0 saturated carbocycles. The third kappa shape index (κ3) is 5.44. The van der Waals surface area contributed by atoms with E-state index in [1.165, 1.54) is 24.9 Å². The van der Waals surface area contributed by atoms with Crippen LogP contribution in [0.5, 0.6) is 11.5 Å². The highest BCUT2D eigenvalue weighted by molar-refractivity contribution is 9.10. The molecule has 0 aliphatic carbocycles. The normalized spacial score (nSPS) is 13.3. The standard InChI is InChI=1S/C23H23Br2N3O5/c1-5-12(2)21-27-18-7-6-15(24)9-17(18)22(29)28(21)26-11-14-8-16(25)10-19(32-4)20(14)33-13(3)23(30)31/h6-13H,5H2,1-4H3,(H,30,31)/t12-,13+/m1/s1. The third-order valence-electron chi connectivity index (χ3n) is 5.11. The molecule has 1 heterocycles. The molecule has 0 fully saturated rings. The first kappa shape index (κ1) is 24.9. The quantitative estimate of drug-likeness (QED) is 0.368. The van der Waals surface area contributed by atoms with Gasteiger partial charge in [0, 0.05) is 20.4 Å². The molecule has 2 atom stereocenters. The van der Waals surface area contributed by atoms with Gasteiger partial charge in [-0.25, -0.2) is 9.78 Å². The van der Waals surface area contributed by atoms with Crippen LogP contribution in [-0.4, -0.2) is 40.2 Å². The van der Waals surface area contributed by atoms with Crippen molar-refractivity contribution in [3.63, 3.8) is 0 Å². The zero-order valence-electron chi connectivity index (χ0n) is 18.5. The van der Waals surface area contributed by atoms with Crippen molar-refractivity contribution in [2.75, 3.05) is 7.11 Å². The number of halogens is 2. The summed E-state index contributed by atoms with van der Waals surface area (Å²) in [5, 5.41) is 14.2. The Bertz CT molecular complexity index is 1290. The lowest BCUT2D eigenvalue weighted by Gasteiger charge is -2.17. The predicted molar refractivity (Wildman–Crippen MR) is 134 cm³/mol. The summed E-state index contributed by atoms with van der Waals surface area (Å²) in [7, 11) is 1.46. The molecule has 2 aromatic carbocycles. The highest BCUT2D eigenvalue weighted by Gasteiger charge is 2.20. The van der Waals surface area contributed by atoms with Crippen LogP contribution in [-0.2, 0) is 4.79 Å². The van der Waals surface area contributed by atoms with Crippen molar-refractivity contribution in [2.45, 2.75) is 39.2 Å². The minimum Gasteiger partial charge on any atom is -0.493 e. The number of aliphatic carboxylic acids is 1. The summed E-state index contributed by atoms with van der Waals surface area (Å²) in [5.41, 5.74) is 0.718. The second kappa shape index (κ2) is 10.5. The number of methoxy groups -OCH3 is 1. The topological polar surface area (TPSA) is 103 Å². The van der Waals surface area contributed by atoms with Gasteiger partial charge in [-0.15, -0.1) is 0 Å². The maximum atomic E-state index is 13.3. The maximum absolute atomic E-state index is 13.3. The first-order valence-electron chi connectivity index (χ1n) is 10.2. The summed E-state index contributed by atoms with van der Waals surface area (Å²) in [5.74, 6) is -0.0926. The predicted octanol–water partition coefficient (Wildman–Crippen LogP) is 5.18. The van der Waals surface area contributed by atoms with Crippen LogP contribution in [0.15, 0.2) is 49.2 Å². The Morgan fingerprint density at radius 1 is 1.24 bits per heavy atom. The van der Waals surface area contributed by atoms with Crippen molar-refractivity contribution in [3.8, 4) is 11.5 Å². The second-order valence-corrected chi connectivity index (χ2v) is 9.26. The highest BCUT2D eigenvalue weighted by Crippen LogP contribution is 2.35. The summed E-state index contributed by atoms with van der Waals surface area (Å²) in [6.07, 6.45) is 1.08. The van der Waals surface area contributed by atoms with Crippen LogP contribution in [0.25, 0.3) is 10.9 Å². The van der Waals surface area contributed by atoms with Crippen molar-refractivity contribution in [3.05, 3.63) is 61.0 Å². The van der Waals surface area contributed by atoms with E-state index in [-0.39, 0.29) is 17.2 Å². The summed E-state index contributed by atoms with van der Waals surface area (Å²) < 4.78 is 13.7. The highest BCUT2D eigenvalue weighted by atomic mass is 79.9. The number of rotatable bonds is 8. The Kier molecular flexibility index (Phi) is 7.91. The van der Waals surface area contributed by atoms with Gasteiger partial charge in [-0.2, -0.15) is 9.78 Å². The van der Waals surface area contributed by atoms with Crippen molar-refractivity contribution >= 4 is 54.9 Å². The van der Waals surface area contributed by atoms with Crippen LogP contribution < -0.4 is 15.0 Å². The smallest absolute Gasteiger partial charge is 0.344 e. The number of aromatic nitrogens is 2. The molecule has 0 aliphatic heterocycles. The van der Waals surface area contributed by atoms with E-state index >= 15 is 0 Å². The van der Waals surface area contributed by atoms with Crippen molar-refractivity contribution in [1.29, 1.82) is 0 Å². The Hall–Kier alpha value is -2.72. The number of hydrogen-bond donors (Lipinski definition) is 1. The van der Waals surface area contributed by atoms with Crippen molar-refractivity contribution < 1.29 is 19.4 Å². The molecule has 33 heavy (non-hydrogen) atoms. The number of hydrogen-bond acceptors (Lipinski definition) is 6. The number of carbonyl (C=O) groups is 1. The fourth-order valence-corrected chi connectivity index (χ4v) is 3.90. The fraction of sp³-hybridized carbons (Fsp3) is 0.304. The molecular formula is C23H23Br2N3O5. The molecule has 0 spiro atoms. The molecule has 0 aliphatic rings. The van der Waals surface area contributed by atoms with Gasteiger partial charge in [0.2, 0.25) is 0 Å². The van der Waals surface area contributed by atoms with Gasteiger partial charge in [0.1, 0.15) is 5.82 Å². The molecule has 1 N–H and O–H groups in total. The first-order valence-corrected chi connectivity index (χ1v) is 11.8. The van der Waals surface area contributed by atoms with Gasteiger partial charge in [-0.3, -0.25) is 4.79 Å². The summed E-state index contributed by atoms with van der Waals surface area (Å²) in [6.45, 7) is 5.40. The zero-order valence-corrected chi connectivity index (χ0v) is 21.7. The molecule has 1 aromatic heterocycles. The van der Waals surface area contributed by atoms with Gasteiger partial charge in [-0.1, -0.05) is 45.7 Å². The molecule has 3 aromatic rings. The fourth-order valence-electron chi connectivity index (χ4n) is 3.09. The lowest BCUT2D eigenvalue weighted by molar-refractivity contribution is -0.144. The largest absolute Gasteiger partial charge is 0.493 e. The average molecular weight is 581 g/mol. The van der Waals surface area contributed by atoms with E-state index in [2.05, 4.69) is 37.0 Å². The Morgan fingerprint density at radius 3 is 2.61 bits per heavy atom. The monoisotopic (exact) mass is 579 g/mol. The lowest BCUT2D eigenvalue weighted by Crippen LogP contribution is -2.24. The molecular weight excluding hydrogens is 558 g/mol. The second-order valence-electron chi connectivity index (χ2n) is 7.43. The molecule has 10 heteroatoms. The van der Waals surface area contributed by atoms with Crippen LogP contribution >= 0.6 is 31.9 Å². The van der Waals surface area contributed by atoms with E-state index < -0.39 is 12.1 Å². The third-order valence-corrected chi connectivity index (χ3v) is 6.06. The SMILES string of the molecule is CC[C@@H](C)c1nc2ccc(Br)cc2c(=O)n1N=Cc1cc(Br)cc(OC)c1O[C@@H](C)C(=O)O. The van der Waals surface area contributed by atoms with Crippen LogP contribution in [0.3, 0.4) is 0 Å². The van der Waals surface area contributed by atoms with Gasteiger partial charge in [0.05, 0.1) is 24.2 Å². The Morgan fingerprint density at radius 2 is 1.97 bits per heavy atom. The molecule has 8 nitrogen and oxygen atoms in total. The van der Waals surface area contributed by atoms with Gasteiger partial charge < -0.3 is 14.6 Å². The van der Waals surface area contributed by atoms with Gasteiger partial charge in [-0.05, 0) is 43.7 Å². The minimum atomic E-state index is -1.12. The first-order chi connectivity index (χ1) is 15.7. The minimum absolute atomic E-state index is 0.0253. The molecule has 0 radical (unpaired) electrons. The summed E-state index contributed by atoms with van der Waals surface area (Å²) in [4.78, 5) is 29.4. The van der Waals surface area contributed by atoms with E-state index in [1.807, 2.05) is 19.9 Å². The van der Waals surface area contributed by atoms with Crippen LogP contribution in [0.4, 0.5) is 0 Å². The molecule has 0 unspecified atom stereocenters. The van der Waals surface area contributed by atoms with E-state index in [9.17, 15) is 14.7 Å². The lowest BCUT2D eigenvalue weighted by atomic mass is 10.1. The summed E-state index contributed by atoms with van der Waals surface area (Å²) >= 11 is 6.81. The number of carboxylic acids is 1. The van der Waals surface area contributed by atoms with E-state index in [1.54, 1.807) is 24.3 Å².